The molecule has 1 aliphatic heterocycles. The minimum atomic E-state index is -3.90. The minimum absolute atomic E-state index is 0.00560. The molecule has 1 fully saturated rings. The van der Waals surface area contributed by atoms with Crippen LogP contribution < -0.4 is 16.6 Å². The lowest BCUT2D eigenvalue weighted by atomic mass is 10.1. The summed E-state index contributed by atoms with van der Waals surface area (Å²) in [5, 5.41) is 1.61. The molecule has 1 unspecified atom stereocenters. The van der Waals surface area contributed by atoms with Crippen LogP contribution in [0.2, 0.25) is 0 Å². The van der Waals surface area contributed by atoms with Gasteiger partial charge < -0.3 is 5.73 Å². The van der Waals surface area contributed by atoms with Crippen molar-refractivity contribution in [2.75, 3.05) is 12.0 Å². The zero-order valence-electron chi connectivity index (χ0n) is 12.6. The Hall–Kier alpha value is -2.75. The fraction of sp³-hybridized carbons (Fsp3) is 0.286. The number of carbonyl (C=O) groups excluding carboxylic acids is 2. The van der Waals surface area contributed by atoms with Crippen LogP contribution in [0.25, 0.3) is 10.9 Å². The van der Waals surface area contributed by atoms with Crippen molar-refractivity contribution >= 4 is 38.2 Å². The van der Waals surface area contributed by atoms with Crippen molar-refractivity contribution < 1.29 is 18.0 Å². The Labute approximate surface area is 136 Å². The monoisotopic (exact) mass is 350 g/mol. The zero-order valence-corrected chi connectivity index (χ0v) is 13.5. The predicted octanol–water partition coefficient (Wildman–Crippen LogP) is -0.640. The summed E-state index contributed by atoms with van der Waals surface area (Å²) in [5.41, 5.74) is 5.34. The molecule has 0 aliphatic carbocycles. The lowest BCUT2D eigenvalue weighted by Gasteiger charge is -2.24. The molecule has 9 nitrogen and oxygen atoms in total. The van der Waals surface area contributed by atoms with Crippen LogP contribution in [0.4, 0.5) is 5.69 Å². The van der Waals surface area contributed by atoms with Crippen LogP contribution in [-0.2, 0) is 19.4 Å². The highest BCUT2D eigenvalue weighted by Crippen LogP contribution is 2.24. The molecular formula is C14H14N4O5S. The van der Waals surface area contributed by atoms with Crippen molar-refractivity contribution in [3.8, 4) is 0 Å². The molecule has 0 saturated carbocycles. The fourth-order valence-electron chi connectivity index (χ4n) is 2.71. The molecule has 2 heterocycles. The molecule has 126 valence electrons. The van der Waals surface area contributed by atoms with Gasteiger partial charge in [0.2, 0.25) is 26.8 Å². The van der Waals surface area contributed by atoms with E-state index in [0.29, 0.717) is 0 Å². The second-order valence-corrected chi connectivity index (χ2v) is 7.46. The van der Waals surface area contributed by atoms with E-state index in [9.17, 15) is 22.8 Å². The fourth-order valence-corrected chi connectivity index (χ4v) is 3.54. The Balaban J connectivity index is 2.39. The van der Waals surface area contributed by atoms with Crippen molar-refractivity contribution in [3.05, 3.63) is 28.6 Å². The summed E-state index contributed by atoms with van der Waals surface area (Å²) in [6.07, 6.45) is 0.899. The third kappa shape index (κ3) is 2.54. The predicted molar refractivity (Wildman–Crippen MR) is 84.9 cm³/mol. The number of piperidine rings is 1. The van der Waals surface area contributed by atoms with E-state index in [0.717, 1.165) is 10.8 Å². The number of sulfone groups is 1. The Kier molecular flexibility index (Phi) is 3.63. The first kappa shape index (κ1) is 16.1. The van der Waals surface area contributed by atoms with Gasteiger partial charge in [0.05, 0.1) is 10.9 Å². The van der Waals surface area contributed by atoms with Crippen molar-refractivity contribution in [2.45, 2.75) is 24.0 Å². The first-order valence-electron chi connectivity index (χ1n) is 7.04. The molecular weight excluding hydrogens is 336 g/mol. The normalized spacial score (nSPS) is 18.6. The molecule has 0 spiro atoms. The number of rotatable bonds is 2. The molecule has 1 saturated heterocycles. The van der Waals surface area contributed by atoms with Crippen LogP contribution >= 0.6 is 0 Å². The number of nitrogens with one attached hydrogen (secondary N) is 1. The van der Waals surface area contributed by atoms with Crippen molar-refractivity contribution in [1.82, 2.24) is 14.9 Å². The molecule has 10 heteroatoms. The maximum atomic E-state index is 12.9. The first-order chi connectivity index (χ1) is 11.2. The summed E-state index contributed by atoms with van der Waals surface area (Å²) < 4.78 is 25.0. The van der Waals surface area contributed by atoms with Crippen LogP contribution in [0.1, 0.15) is 18.9 Å². The standard InChI is InChI=1S/C14H14N4O5S/c1-24(22,23)14-16-8-4-2-3-7(15)11(8)13(21)18(14)9-5-6-10(19)17-12(9)20/h2-4,9H,5-6,15H2,1H3,(H,17,19,20). The summed E-state index contributed by atoms with van der Waals surface area (Å²) in [6.45, 7) is 0. The number of aromatic nitrogens is 2. The van der Waals surface area contributed by atoms with Gasteiger partial charge in [-0.25, -0.2) is 13.4 Å². The number of hydrogen-bond donors (Lipinski definition) is 2. The minimum Gasteiger partial charge on any atom is -0.398 e. The van der Waals surface area contributed by atoms with Gasteiger partial charge in [0.25, 0.3) is 5.56 Å². The lowest BCUT2D eigenvalue weighted by Crippen LogP contribution is -2.45. The van der Waals surface area contributed by atoms with Gasteiger partial charge in [-0.2, -0.15) is 0 Å². The van der Waals surface area contributed by atoms with E-state index in [2.05, 4.69) is 10.3 Å². The largest absolute Gasteiger partial charge is 0.398 e. The molecule has 1 aromatic carbocycles. The number of imide groups is 1. The number of amides is 2. The number of fused-ring (bicyclic) bond motifs is 1. The third-order valence-electron chi connectivity index (χ3n) is 3.78. The SMILES string of the molecule is CS(=O)(=O)c1nc2cccc(N)c2c(=O)n1C1CCC(=O)NC1=O. The van der Waals surface area contributed by atoms with E-state index >= 15 is 0 Å². The van der Waals surface area contributed by atoms with Gasteiger partial charge in [0.15, 0.2) is 0 Å². The van der Waals surface area contributed by atoms with Gasteiger partial charge in [-0.15, -0.1) is 0 Å². The van der Waals surface area contributed by atoms with Crippen LogP contribution in [0.3, 0.4) is 0 Å². The van der Waals surface area contributed by atoms with Gasteiger partial charge in [-0.3, -0.25) is 24.3 Å². The molecule has 1 aromatic heterocycles. The first-order valence-corrected chi connectivity index (χ1v) is 8.94. The Morgan fingerprint density at radius 3 is 2.62 bits per heavy atom. The number of nitrogens with zero attached hydrogens (tertiary/aromatic N) is 2. The van der Waals surface area contributed by atoms with Gasteiger partial charge in [-0.1, -0.05) is 6.07 Å². The quantitative estimate of drug-likeness (QED) is 0.417. The van der Waals surface area contributed by atoms with Gasteiger partial charge >= 0.3 is 0 Å². The van der Waals surface area contributed by atoms with E-state index < -0.39 is 38.4 Å². The highest BCUT2D eigenvalue weighted by Gasteiger charge is 2.33. The highest BCUT2D eigenvalue weighted by molar-refractivity contribution is 7.90. The number of anilines is 1. The Morgan fingerprint density at radius 2 is 2.00 bits per heavy atom. The van der Waals surface area contributed by atoms with E-state index in [-0.39, 0.29) is 29.4 Å². The molecule has 2 aromatic rings. The second-order valence-electron chi connectivity index (χ2n) is 5.55. The summed E-state index contributed by atoms with van der Waals surface area (Å²) >= 11 is 0. The van der Waals surface area contributed by atoms with Crippen LogP contribution in [0, 0.1) is 0 Å². The highest BCUT2D eigenvalue weighted by atomic mass is 32.2. The molecule has 3 N–H and O–H groups in total. The molecule has 1 atom stereocenters. The Bertz CT molecular complexity index is 1040. The number of carbonyl (C=O) groups is 2. The van der Waals surface area contributed by atoms with Crippen LogP contribution in [-0.4, -0.2) is 36.0 Å². The Morgan fingerprint density at radius 1 is 1.29 bits per heavy atom. The zero-order chi connectivity index (χ0) is 17.6. The van der Waals surface area contributed by atoms with Crippen LogP contribution in [0.5, 0.6) is 0 Å². The molecule has 2 amide bonds. The van der Waals surface area contributed by atoms with Crippen molar-refractivity contribution in [2.24, 2.45) is 0 Å². The van der Waals surface area contributed by atoms with Gasteiger partial charge in [0, 0.05) is 18.4 Å². The molecule has 1 aliphatic rings. The summed E-state index contributed by atoms with van der Waals surface area (Å²) in [6, 6.07) is 3.36. The summed E-state index contributed by atoms with van der Waals surface area (Å²) in [7, 11) is -3.90. The van der Waals surface area contributed by atoms with E-state index in [1.165, 1.54) is 12.1 Å². The van der Waals surface area contributed by atoms with Gasteiger partial charge in [-0.05, 0) is 18.6 Å². The average molecular weight is 350 g/mol. The van der Waals surface area contributed by atoms with E-state index in [4.69, 9.17) is 5.73 Å². The number of hydrogen-bond acceptors (Lipinski definition) is 7. The van der Waals surface area contributed by atoms with Gasteiger partial charge in [0.1, 0.15) is 6.04 Å². The van der Waals surface area contributed by atoms with Crippen LogP contribution in [0.15, 0.2) is 28.2 Å². The molecule has 0 bridgehead atoms. The molecule has 24 heavy (non-hydrogen) atoms. The van der Waals surface area contributed by atoms with E-state index in [1.807, 2.05) is 0 Å². The smallest absolute Gasteiger partial charge is 0.265 e. The third-order valence-corrected chi connectivity index (χ3v) is 4.73. The van der Waals surface area contributed by atoms with E-state index in [1.54, 1.807) is 6.07 Å². The number of nitrogen functional groups attached to an aromatic ring is 1. The molecule has 0 radical (unpaired) electrons. The van der Waals surface area contributed by atoms with Crippen molar-refractivity contribution in [1.29, 1.82) is 0 Å². The topological polar surface area (TPSA) is 141 Å². The summed E-state index contributed by atoms with van der Waals surface area (Å²) in [4.78, 5) is 40.3. The average Bonchev–Trinajstić information content (AvgIpc) is 2.47. The number of benzene rings is 1. The number of nitrogens with two attached hydrogens (primary N) is 1. The summed E-state index contributed by atoms with van der Waals surface area (Å²) in [5.74, 6) is -1.22. The maximum absolute atomic E-state index is 12.9. The molecule has 3 rings (SSSR count). The van der Waals surface area contributed by atoms with Crippen molar-refractivity contribution in [3.63, 3.8) is 0 Å². The second kappa shape index (κ2) is 5.41. The maximum Gasteiger partial charge on any atom is 0.265 e. The lowest BCUT2D eigenvalue weighted by molar-refractivity contribution is -0.136.